The number of nitrogens with zero attached hydrogens (tertiary/aromatic N) is 6. The summed E-state index contributed by atoms with van der Waals surface area (Å²) in [5.74, 6) is 0.678. The summed E-state index contributed by atoms with van der Waals surface area (Å²) in [6.07, 6.45) is 6.51. The van der Waals surface area contributed by atoms with Crippen molar-refractivity contribution < 1.29 is 0 Å². The van der Waals surface area contributed by atoms with E-state index in [9.17, 15) is 0 Å². The second-order valence-electron chi connectivity index (χ2n) is 4.40. The summed E-state index contributed by atoms with van der Waals surface area (Å²) in [7, 11) is 1.75. The molecule has 2 heterocycles. The first-order valence-electron chi connectivity index (χ1n) is 5.77. The van der Waals surface area contributed by atoms with Gasteiger partial charge in [-0.2, -0.15) is 9.90 Å². The van der Waals surface area contributed by atoms with Gasteiger partial charge in [-0.1, -0.05) is 0 Å². The first-order valence-corrected chi connectivity index (χ1v) is 5.77. The van der Waals surface area contributed by atoms with Gasteiger partial charge in [0, 0.05) is 24.3 Å². The minimum absolute atomic E-state index is 0.567. The lowest BCUT2D eigenvalue weighted by atomic mass is 10.3. The van der Waals surface area contributed by atoms with E-state index in [1.165, 1.54) is 23.2 Å². The third kappa shape index (κ3) is 2.68. The van der Waals surface area contributed by atoms with Crippen molar-refractivity contribution in [1.29, 1.82) is 0 Å². The summed E-state index contributed by atoms with van der Waals surface area (Å²) in [6.45, 7) is 1.45. The largest absolute Gasteiger partial charge is 0.310 e. The van der Waals surface area contributed by atoms with Gasteiger partial charge >= 0.3 is 0 Å². The maximum Gasteiger partial charge on any atom is 0.196 e. The molecule has 7 heteroatoms. The Kier molecular flexibility index (Phi) is 2.60. The Hall–Kier alpha value is -1.76. The van der Waals surface area contributed by atoms with E-state index in [0.717, 1.165) is 12.6 Å². The Bertz CT molecular complexity index is 496. The van der Waals surface area contributed by atoms with Crippen LogP contribution in [0.15, 0.2) is 12.4 Å². The van der Waals surface area contributed by atoms with Gasteiger partial charge in [-0.3, -0.25) is 4.68 Å². The van der Waals surface area contributed by atoms with E-state index in [2.05, 4.69) is 25.8 Å². The van der Waals surface area contributed by atoms with Gasteiger partial charge in [0.1, 0.15) is 6.54 Å². The third-order valence-corrected chi connectivity index (χ3v) is 2.71. The zero-order valence-electron chi connectivity index (χ0n) is 9.74. The summed E-state index contributed by atoms with van der Waals surface area (Å²) in [5.41, 5.74) is 1.20. The molecule has 1 fully saturated rings. The number of tetrazole rings is 1. The summed E-state index contributed by atoms with van der Waals surface area (Å²) in [5, 5.41) is 19.6. The van der Waals surface area contributed by atoms with Gasteiger partial charge < -0.3 is 5.32 Å². The van der Waals surface area contributed by atoms with Crippen LogP contribution in [0, 0.1) is 0 Å². The third-order valence-electron chi connectivity index (χ3n) is 2.71. The number of hydrogen-bond acceptors (Lipinski definition) is 5. The molecule has 17 heavy (non-hydrogen) atoms. The van der Waals surface area contributed by atoms with Gasteiger partial charge in [0.05, 0.1) is 13.2 Å². The van der Waals surface area contributed by atoms with Crippen LogP contribution in [0.2, 0.25) is 0 Å². The van der Waals surface area contributed by atoms with Gasteiger partial charge in [-0.05, 0) is 18.1 Å². The van der Waals surface area contributed by atoms with E-state index in [-0.39, 0.29) is 0 Å². The molecule has 90 valence electrons. The van der Waals surface area contributed by atoms with E-state index >= 15 is 0 Å². The molecular formula is C10H15N7. The normalized spacial score (nSPS) is 15.4. The van der Waals surface area contributed by atoms with Gasteiger partial charge in [-0.25, -0.2) is 0 Å². The molecule has 0 bridgehead atoms. The first-order chi connectivity index (χ1) is 8.29. The highest BCUT2D eigenvalue weighted by molar-refractivity contribution is 5.05. The molecule has 1 saturated carbocycles. The van der Waals surface area contributed by atoms with Crippen molar-refractivity contribution >= 4 is 0 Å². The van der Waals surface area contributed by atoms with Crippen LogP contribution >= 0.6 is 0 Å². The fourth-order valence-corrected chi connectivity index (χ4v) is 1.67. The monoisotopic (exact) mass is 233 g/mol. The molecule has 0 aromatic carbocycles. The molecule has 0 radical (unpaired) electrons. The Morgan fingerprint density at radius 3 is 3.06 bits per heavy atom. The molecule has 2 aromatic heterocycles. The maximum atomic E-state index is 4.28. The number of aryl methyl sites for hydroxylation is 1. The SMILES string of the molecule is Cn1nnc(Cn2cc(CNC3CC3)cn2)n1. The summed E-state index contributed by atoms with van der Waals surface area (Å²) in [6, 6.07) is 0.722. The second-order valence-corrected chi connectivity index (χ2v) is 4.40. The Morgan fingerprint density at radius 2 is 2.35 bits per heavy atom. The average molecular weight is 233 g/mol. The van der Waals surface area contributed by atoms with Gasteiger partial charge in [0.15, 0.2) is 5.82 Å². The van der Waals surface area contributed by atoms with Crippen LogP contribution in [0.25, 0.3) is 0 Å². The van der Waals surface area contributed by atoms with E-state index in [1.807, 2.05) is 17.1 Å². The first kappa shape index (κ1) is 10.4. The van der Waals surface area contributed by atoms with E-state index in [1.54, 1.807) is 7.05 Å². The fourth-order valence-electron chi connectivity index (χ4n) is 1.67. The van der Waals surface area contributed by atoms with E-state index in [0.29, 0.717) is 12.4 Å². The highest BCUT2D eigenvalue weighted by Crippen LogP contribution is 2.19. The highest BCUT2D eigenvalue weighted by Gasteiger charge is 2.20. The van der Waals surface area contributed by atoms with Crippen LogP contribution in [-0.2, 0) is 20.1 Å². The zero-order chi connectivity index (χ0) is 11.7. The predicted octanol–water partition coefficient (Wildman–Crippen LogP) is -0.293. The number of rotatable bonds is 5. The molecule has 0 amide bonds. The maximum absolute atomic E-state index is 4.28. The number of hydrogen-bond donors (Lipinski definition) is 1. The molecule has 2 aromatic rings. The minimum atomic E-state index is 0.567. The van der Waals surface area contributed by atoms with Gasteiger partial charge in [-0.15, -0.1) is 10.2 Å². The lowest BCUT2D eigenvalue weighted by molar-refractivity contribution is 0.617. The zero-order valence-corrected chi connectivity index (χ0v) is 9.74. The van der Waals surface area contributed by atoms with Crippen molar-refractivity contribution in [2.45, 2.75) is 32.0 Å². The Morgan fingerprint density at radius 1 is 1.47 bits per heavy atom. The fraction of sp³-hybridized carbons (Fsp3) is 0.600. The smallest absolute Gasteiger partial charge is 0.196 e. The van der Waals surface area contributed by atoms with Crippen LogP contribution in [0.3, 0.4) is 0 Å². The number of aromatic nitrogens is 6. The van der Waals surface area contributed by atoms with E-state index < -0.39 is 0 Å². The molecule has 0 spiro atoms. The van der Waals surface area contributed by atoms with Crippen molar-refractivity contribution in [3.05, 3.63) is 23.8 Å². The van der Waals surface area contributed by atoms with Gasteiger partial charge in [0.2, 0.25) is 0 Å². The molecule has 0 saturated heterocycles. The van der Waals surface area contributed by atoms with Crippen LogP contribution < -0.4 is 5.32 Å². The van der Waals surface area contributed by atoms with Crippen LogP contribution in [0.4, 0.5) is 0 Å². The van der Waals surface area contributed by atoms with Crippen molar-refractivity contribution in [3.8, 4) is 0 Å². The molecule has 0 aliphatic heterocycles. The molecule has 0 unspecified atom stereocenters. The van der Waals surface area contributed by atoms with Crippen molar-refractivity contribution in [3.63, 3.8) is 0 Å². The molecule has 7 nitrogen and oxygen atoms in total. The summed E-state index contributed by atoms with van der Waals surface area (Å²) in [4.78, 5) is 1.45. The Labute approximate surface area is 98.8 Å². The molecular weight excluding hydrogens is 218 g/mol. The summed E-state index contributed by atoms with van der Waals surface area (Å²) < 4.78 is 1.83. The highest BCUT2D eigenvalue weighted by atomic mass is 15.6. The molecule has 1 N–H and O–H groups in total. The average Bonchev–Trinajstić information content (AvgIpc) is 2.90. The van der Waals surface area contributed by atoms with Crippen molar-refractivity contribution in [2.24, 2.45) is 7.05 Å². The van der Waals surface area contributed by atoms with Gasteiger partial charge in [0.25, 0.3) is 0 Å². The molecule has 1 aliphatic carbocycles. The van der Waals surface area contributed by atoms with E-state index in [4.69, 9.17) is 0 Å². The topological polar surface area (TPSA) is 73.5 Å². The lowest BCUT2D eigenvalue weighted by Crippen LogP contribution is -2.14. The second kappa shape index (κ2) is 4.25. The molecule has 3 rings (SSSR count). The van der Waals surface area contributed by atoms with Crippen LogP contribution in [0.1, 0.15) is 24.2 Å². The molecule has 1 aliphatic rings. The van der Waals surface area contributed by atoms with Crippen LogP contribution in [0.5, 0.6) is 0 Å². The van der Waals surface area contributed by atoms with Crippen LogP contribution in [-0.4, -0.2) is 36.0 Å². The van der Waals surface area contributed by atoms with Crippen molar-refractivity contribution in [2.75, 3.05) is 0 Å². The molecule has 0 atom stereocenters. The predicted molar refractivity (Wildman–Crippen MR) is 60.0 cm³/mol. The van der Waals surface area contributed by atoms with Crippen molar-refractivity contribution in [1.82, 2.24) is 35.3 Å². The number of nitrogens with one attached hydrogen (secondary N) is 1. The standard InChI is InChI=1S/C10H15N7/c1-16-14-10(13-15-16)7-17-6-8(5-12-17)4-11-9-2-3-9/h5-6,9,11H,2-4,7H2,1H3. The lowest BCUT2D eigenvalue weighted by Gasteiger charge is -1.98. The minimum Gasteiger partial charge on any atom is -0.310 e. The quantitative estimate of drug-likeness (QED) is 0.768. The summed E-state index contributed by atoms with van der Waals surface area (Å²) >= 11 is 0. The Balaban J connectivity index is 1.59.